The molecule has 2 aromatic rings. The molecule has 1 atom stereocenters. The molecule has 6 heteroatoms. The third-order valence-electron chi connectivity index (χ3n) is 5.44. The lowest BCUT2D eigenvalue weighted by Crippen LogP contribution is -3.09. The highest BCUT2D eigenvalue weighted by atomic mass is 16.5. The van der Waals surface area contributed by atoms with Gasteiger partial charge in [-0.3, -0.25) is 4.79 Å². The number of para-hydroxylation sites is 2. The molecule has 1 N–H and O–H groups in total. The Bertz CT molecular complexity index is 832. The van der Waals surface area contributed by atoms with Gasteiger partial charge in [-0.15, -0.1) is 0 Å². The van der Waals surface area contributed by atoms with E-state index in [0.29, 0.717) is 6.54 Å². The number of likely N-dealkylation sites (N-methyl/N-ethyl adjacent to an activating group) is 1. The van der Waals surface area contributed by atoms with E-state index in [1.165, 1.54) is 5.56 Å². The van der Waals surface area contributed by atoms with Crippen molar-refractivity contribution in [3.8, 4) is 11.5 Å². The van der Waals surface area contributed by atoms with Gasteiger partial charge in [-0.05, 0) is 31.2 Å². The SMILES string of the molecule is COc1ccc(C)cc1C[NH+](C)CC(=O)N1CCN(c2ccccc2OC)CC1. The van der Waals surface area contributed by atoms with Crippen molar-refractivity contribution in [2.45, 2.75) is 13.5 Å². The summed E-state index contributed by atoms with van der Waals surface area (Å²) in [6.45, 7) is 6.41. The maximum absolute atomic E-state index is 12.8. The van der Waals surface area contributed by atoms with E-state index in [-0.39, 0.29) is 5.91 Å². The Balaban J connectivity index is 1.54. The Kier molecular flexibility index (Phi) is 6.99. The number of amides is 1. The summed E-state index contributed by atoms with van der Waals surface area (Å²) < 4.78 is 10.9. The van der Waals surface area contributed by atoms with E-state index in [1.807, 2.05) is 35.2 Å². The first kappa shape index (κ1) is 21.0. The second-order valence-corrected chi connectivity index (χ2v) is 7.67. The van der Waals surface area contributed by atoms with Crippen LogP contribution >= 0.6 is 0 Å². The second-order valence-electron chi connectivity index (χ2n) is 7.67. The summed E-state index contributed by atoms with van der Waals surface area (Å²) in [6, 6.07) is 14.2. The number of methoxy groups -OCH3 is 2. The first-order chi connectivity index (χ1) is 14.0. The Labute approximate surface area is 173 Å². The van der Waals surface area contributed by atoms with Crippen LogP contribution in [0.1, 0.15) is 11.1 Å². The normalized spacial score (nSPS) is 15.2. The van der Waals surface area contributed by atoms with Crippen LogP contribution in [-0.2, 0) is 11.3 Å². The third kappa shape index (κ3) is 5.21. The highest BCUT2D eigenvalue weighted by Gasteiger charge is 2.25. The van der Waals surface area contributed by atoms with Crippen molar-refractivity contribution in [1.29, 1.82) is 0 Å². The van der Waals surface area contributed by atoms with E-state index >= 15 is 0 Å². The lowest BCUT2D eigenvalue weighted by atomic mass is 10.1. The van der Waals surface area contributed by atoms with Crippen LogP contribution in [-0.4, -0.2) is 64.8 Å². The number of benzene rings is 2. The van der Waals surface area contributed by atoms with Gasteiger partial charge in [0.05, 0.1) is 27.0 Å². The molecular formula is C23H32N3O3+. The number of nitrogens with one attached hydrogen (secondary N) is 1. The lowest BCUT2D eigenvalue weighted by molar-refractivity contribution is -0.885. The van der Waals surface area contributed by atoms with E-state index in [1.54, 1.807) is 14.2 Å². The first-order valence-electron chi connectivity index (χ1n) is 10.1. The molecule has 0 aliphatic carbocycles. The van der Waals surface area contributed by atoms with E-state index < -0.39 is 0 Å². The Morgan fingerprint density at radius 3 is 2.38 bits per heavy atom. The smallest absolute Gasteiger partial charge is 0.277 e. The molecular weight excluding hydrogens is 366 g/mol. The summed E-state index contributed by atoms with van der Waals surface area (Å²) in [6.07, 6.45) is 0. The van der Waals surface area contributed by atoms with Crippen LogP contribution in [0.3, 0.4) is 0 Å². The van der Waals surface area contributed by atoms with Crippen molar-refractivity contribution in [3.05, 3.63) is 53.6 Å². The molecule has 156 valence electrons. The van der Waals surface area contributed by atoms with Crippen molar-refractivity contribution < 1.29 is 19.2 Å². The van der Waals surface area contributed by atoms with Crippen molar-refractivity contribution >= 4 is 11.6 Å². The van der Waals surface area contributed by atoms with Crippen molar-refractivity contribution in [2.24, 2.45) is 0 Å². The highest BCUT2D eigenvalue weighted by molar-refractivity contribution is 5.77. The van der Waals surface area contributed by atoms with Gasteiger partial charge in [0.1, 0.15) is 18.0 Å². The molecule has 1 heterocycles. The quantitative estimate of drug-likeness (QED) is 0.766. The highest BCUT2D eigenvalue weighted by Crippen LogP contribution is 2.28. The molecule has 0 radical (unpaired) electrons. The Morgan fingerprint density at radius 2 is 1.69 bits per heavy atom. The molecule has 1 unspecified atom stereocenters. The van der Waals surface area contributed by atoms with Gasteiger partial charge in [-0.1, -0.05) is 23.8 Å². The summed E-state index contributed by atoms with van der Waals surface area (Å²) in [5, 5.41) is 0. The topological polar surface area (TPSA) is 46.5 Å². The van der Waals surface area contributed by atoms with Crippen molar-refractivity contribution in [3.63, 3.8) is 0 Å². The zero-order valence-corrected chi connectivity index (χ0v) is 17.9. The Morgan fingerprint density at radius 1 is 1.00 bits per heavy atom. The van der Waals surface area contributed by atoms with Crippen LogP contribution in [0.5, 0.6) is 11.5 Å². The molecule has 1 fully saturated rings. The van der Waals surface area contributed by atoms with Crippen LogP contribution in [0.4, 0.5) is 5.69 Å². The van der Waals surface area contributed by atoms with E-state index in [2.05, 4.69) is 31.0 Å². The Hall–Kier alpha value is -2.73. The van der Waals surface area contributed by atoms with Crippen molar-refractivity contribution in [2.75, 3.05) is 58.9 Å². The van der Waals surface area contributed by atoms with Gasteiger partial charge in [0.15, 0.2) is 6.54 Å². The number of hydrogen-bond acceptors (Lipinski definition) is 4. The van der Waals surface area contributed by atoms with Gasteiger partial charge in [-0.25, -0.2) is 0 Å². The molecule has 3 rings (SSSR count). The number of aryl methyl sites for hydroxylation is 1. The number of carbonyl (C=O) groups is 1. The monoisotopic (exact) mass is 398 g/mol. The van der Waals surface area contributed by atoms with Crippen LogP contribution in [0, 0.1) is 6.92 Å². The summed E-state index contributed by atoms with van der Waals surface area (Å²) in [5.41, 5.74) is 3.43. The first-order valence-corrected chi connectivity index (χ1v) is 10.1. The average Bonchev–Trinajstić information content (AvgIpc) is 2.74. The number of hydrogen-bond donors (Lipinski definition) is 1. The minimum absolute atomic E-state index is 0.203. The number of nitrogens with zero attached hydrogens (tertiary/aromatic N) is 2. The molecule has 6 nitrogen and oxygen atoms in total. The number of ether oxygens (including phenoxy) is 2. The fourth-order valence-electron chi connectivity index (χ4n) is 3.89. The molecule has 0 saturated carbocycles. The van der Waals surface area contributed by atoms with E-state index in [4.69, 9.17) is 9.47 Å². The summed E-state index contributed by atoms with van der Waals surface area (Å²) in [7, 11) is 5.45. The second kappa shape index (κ2) is 9.65. The van der Waals surface area contributed by atoms with Gasteiger partial charge in [-0.2, -0.15) is 0 Å². The number of anilines is 1. The van der Waals surface area contributed by atoms with Gasteiger partial charge in [0, 0.05) is 31.7 Å². The molecule has 0 bridgehead atoms. The van der Waals surface area contributed by atoms with Gasteiger partial charge < -0.3 is 24.2 Å². The molecule has 1 saturated heterocycles. The number of rotatable bonds is 7. The standard InChI is InChI=1S/C23H31N3O3/c1-18-9-10-21(28-3)19(15-18)16-24(2)17-23(27)26-13-11-25(12-14-26)20-7-5-6-8-22(20)29-4/h5-10,15H,11-14,16-17H2,1-4H3/p+1. The minimum Gasteiger partial charge on any atom is -0.496 e. The van der Waals surface area contributed by atoms with Crippen LogP contribution in [0.2, 0.25) is 0 Å². The minimum atomic E-state index is 0.203. The zero-order valence-electron chi connectivity index (χ0n) is 17.9. The lowest BCUT2D eigenvalue weighted by Gasteiger charge is -2.36. The van der Waals surface area contributed by atoms with Crippen LogP contribution < -0.4 is 19.3 Å². The summed E-state index contributed by atoms with van der Waals surface area (Å²) >= 11 is 0. The van der Waals surface area contributed by atoms with Gasteiger partial charge >= 0.3 is 0 Å². The molecule has 0 spiro atoms. The van der Waals surface area contributed by atoms with Crippen LogP contribution in [0.15, 0.2) is 42.5 Å². The van der Waals surface area contributed by atoms with E-state index in [0.717, 1.165) is 60.4 Å². The average molecular weight is 399 g/mol. The van der Waals surface area contributed by atoms with E-state index in [9.17, 15) is 4.79 Å². The maximum Gasteiger partial charge on any atom is 0.277 e. The number of piperazine rings is 1. The zero-order chi connectivity index (χ0) is 20.8. The fourth-order valence-corrected chi connectivity index (χ4v) is 3.89. The molecule has 0 aromatic heterocycles. The summed E-state index contributed by atoms with van der Waals surface area (Å²) in [4.78, 5) is 18.2. The molecule has 1 aliphatic rings. The third-order valence-corrected chi connectivity index (χ3v) is 5.44. The molecule has 29 heavy (non-hydrogen) atoms. The predicted octanol–water partition coefficient (Wildman–Crippen LogP) is 1.38. The largest absolute Gasteiger partial charge is 0.496 e. The van der Waals surface area contributed by atoms with Gasteiger partial charge in [0.2, 0.25) is 0 Å². The van der Waals surface area contributed by atoms with Crippen LogP contribution in [0.25, 0.3) is 0 Å². The number of quaternary nitrogens is 1. The fraction of sp³-hybridized carbons (Fsp3) is 0.435. The maximum atomic E-state index is 12.8. The number of carbonyl (C=O) groups excluding carboxylic acids is 1. The molecule has 2 aromatic carbocycles. The molecule has 1 aliphatic heterocycles. The predicted molar refractivity (Wildman–Crippen MR) is 115 cm³/mol. The molecule has 1 amide bonds. The summed E-state index contributed by atoms with van der Waals surface area (Å²) in [5.74, 6) is 1.96. The van der Waals surface area contributed by atoms with Gasteiger partial charge in [0.25, 0.3) is 5.91 Å². The van der Waals surface area contributed by atoms with Crippen molar-refractivity contribution in [1.82, 2.24) is 4.90 Å².